The number of rotatable bonds is 8. The van der Waals surface area contributed by atoms with E-state index in [0.29, 0.717) is 18.3 Å². The van der Waals surface area contributed by atoms with E-state index < -0.39 is 5.97 Å². The number of aromatic amines is 1. The van der Waals surface area contributed by atoms with E-state index in [1.165, 1.54) is 5.56 Å². The number of nitrogens with one attached hydrogen (secondary N) is 1. The Morgan fingerprint density at radius 3 is 2.58 bits per heavy atom. The molecule has 4 rings (SSSR count). The zero-order chi connectivity index (χ0) is 21.8. The fourth-order valence-corrected chi connectivity index (χ4v) is 4.85. The highest BCUT2D eigenvalue weighted by Gasteiger charge is 2.26. The van der Waals surface area contributed by atoms with E-state index in [-0.39, 0.29) is 0 Å². The molecule has 0 aliphatic carbocycles. The molecule has 2 aromatic carbocycles. The van der Waals surface area contributed by atoms with Crippen molar-refractivity contribution < 1.29 is 9.90 Å². The summed E-state index contributed by atoms with van der Waals surface area (Å²) in [5, 5.41) is 10.8. The molecule has 0 radical (unpaired) electrons. The van der Waals surface area contributed by atoms with Crippen molar-refractivity contribution in [2.45, 2.75) is 45.7 Å². The Bertz CT molecular complexity index is 1020. The predicted molar refractivity (Wildman–Crippen MR) is 126 cm³/mol. The monoisotopic (exact) mass is 419 g/mol. The first-order valence-electron chi connectivity index (χ1n) is 11.4. The van der Waals surface area contributed by atoms with Crippen LogP contribution in [-0.2, 0) is 13.0 Å². The molecule has 2 N–H and O–H groups in total. The van der Waals surface area contributed by atoms with E-state index in [9.17, 15) is 9.90 Å². The molecule has 1 aliphatic heterocycles. The van der Waals surface area contributed by atoms with Crippen LogP contribution in [0, 0.1) is 6.92 Å². The molecule has 1 aromatic heterocycles. The third-order valence-electron chi connectivity index (χ3n) is 6.68. The number of benzene rings is 2. The first-order valence-corrected chi connectivity index (χ1v) is 11.4. The van der Waals surface area contributed by atoms with Crippen LogP contribution in [0.3, 0.4) is 0 Å². The summed E-state index contributed by atoms with van der Waals surface area (Å²) in [7, 11) is 0. The molecule has 1 saturated heterocycles. The lowest BCUT2D eigenvalue weighted by atomic mass is 10.0. The largest absolute Gasteiger partial charge is 0.477 e. The van der Waals surface area contributed by atoms with Crippen molar-refractivity contribution in [3.8, 4) is 0 Å². The van der Waals surface area contributed by atoms with Gasteiger partial charge in [0.05, 0.1) is 0 Å². The molecule has 0 bridgehead atoms. The van der Waals surface area contributed by atoms with E-state index in [0.717, 1.165) is 67.5 Å². The highest BCUT2D eigenvalue weighted by molar-refractivity contribution is 5.97. The van der Waals surface area contributed by atoms with Crippen LogP contribution in [0.25, 0.3) is 10.9 Å². The minimum absolute atomic E-state index is 0.333. The second-order valence-corrected chi connectivity index (χ2v) is 8.70. The van der Waals surface area contributed by atoms with E-state index in [2.05, 4.69) is 65.0 Å². The molecule has 0 spiro atoms. The summed E-state index contributed by atoms with van der Waals surface area (Å²) in [6.07, 6.45) is 3.36. The van der Waals surface area contributed by atoms with Gasteiger partial charge >= 0.3 is 5.97 Å². The van der Waals surface area contributed by atoms with Gasteiger partial charge in [-0.05, 0) is 63.5 Å². The van der Waals surface area contributed by atoms with Gasteiger partial charge in [-0.3, -0.25) is 4.90 Å². The molecule has 5 nitrogen and oxygen atoms in total. The van der Waals surface area contributed by atoms with Crippen molar-refractivity contribution >= 4 is 16.9 Å². The summed E-state index contributed by atoms with van der Waals surface area (Å²) >= 11 is 0. The van der Waals surface area contributed by atoms with Crippen molar-refractivity contribution in [1.29, 1.82) is 0 Å². The smallest absolute Gasteiger partial charge is 0.352 e. The summed E-state index contributed by atoms with van der Waals surface area (Å²) in [6, 6.07) is 17.3. The Labute approximate surface area is 184 Å². The highest BCUT2D eigenvalue weighted by atomic mass is 16.4. The van der Waals surface area contributed by atoms with Crippen LogP contribution in [-0.4, -0.2) is 58.1 Å². The van der Waals surface area contributed by atoms with Crippen molar-refractivity contribution in [2.75, 3.05) is 26.2 Å². The number of hydrogen-bond donors (Lipinski definition) is 2. The fraction of sp³-hybridized carbons (Fsp3) is 0.423. The van der Waals surface area contributed by atoms with Gasteiger partial charge in [-0.2, -0.15) is 0 Å². The lowest BCUT2D eigenvalue weighted by molar-refractivity contribution is 0.0685. The molecule has 2 heterocycles. The molecule has 0 saturated carbocycles. The molecular weight excluding hydrogens is 386 g/mol. The van der Waals surface area contributed by atoms with Crippen molar-refractivity contribution in [1.82, 2.24) is 14.8 Å². The predicted octanol–water partition coefficient (Wildman–Crippen LogP) is 4.70. The third kappa shape index (κ3) is 5.00. The quantitative estimate of drug-likeness (QED) is 0.555. The SMILES string of the molecule is CCN(Cc1c(C(=O)O)[nH]c2ccc(C)cc12)C1CCN(CCc2ccccc2)CC1. The van der Waals surface area contributed by atoms with E-state index in [4.69, 9.17) is 0 Å². The molecule has 164 valence electrons. The number of piperidine rings is 1. The number of hydrogen-bond acceptors (Lipinski definition) is 3. The molecule has 0 atom stereocenters. The van der Waals surface area contributed by atoms with Gasteiger partial charge < -0.3 is 15.0 Å². The maximum atomic E-state index is 11.9. The topological polar surface area (TPSA) is 59.6 Å². The number of H-pyrrole nitrogens is 1. The minimum atomic E-state index is -0.879. The number of likely N-dealkylation sites (tertiary alicyclic amines) is 1. The molecule has 0 unspecified atom stereocenters. The molecule has 1 fully saturated rings. The first-order chi connectivity index (χ1) is 15.0. The summed E-state index contributed by atoms with van der Waals surface area (Å²) < 4.78 is 0. The highest BCUT2D eigenvalue weighted by Crippen LogP contribution is 2.27. The van der Waals surface area contributed by atoms with Crippen LogP contribution < -0.4 is 0 Å². The minimum Gasteiger partial charge on any atom is -0.477 e. The molecule has 31 heavy (non-hydrogen) atoms. The Morgan fingerprint density at radius 1 is 1.16 bits per heavy atom. The number of fused-ring (bicyclic) bond motifs is 1. The Kier molecular flexibility index (Phi) is 6.73. The number of aromatic carboxylic acids is 1. The van der Waals surface area contributed by atoms with E-state index in [1.54, 1.807) is 0 Å². The summed E-state index contributed by atoms with van der Waals surface area (Å²) in [5.41, 5.74) is 4.71. The van der Waals surface area contributed by atoms with Gasteiger partial charge in [0.2, 0.25) is 0 Å². The van der Waals surface area contributed by atoms with Gasteiger partial charge in [0.1, 0.15) is 5.69 Å². The lowest BCUT2D eigenvalue weighted by Crippen LogP contribution is -2.45. The van der Waals surface area contributed by atoms with Gasteiger partial charge in [-0.25, -0.2) is 4.79 Å². The summed E-state index contributed by atoms with van der Waals surface area (Å²) in [6.45, 7) is 9.15. The third-order valence-corrected chi connectivity index (χ3v) is 6.68. The van der Waals surface area contributed by atoms with E-state index in [1.807, 2.05) is 12.1 Å². The van der Waals surface area contributed by atoms with Crippen LogP contribution in [0.1, 0.15) is 46.9 Å². The molecular formula is C26H33N3O2. The van der Waals surface area contributed by atoms with Gasteiger partial charge in [0, 0.05) is 35.6 Å². The average molecular weight is 420 g/mol. The summed E-state index contributed by atoms with van der Waals surface area (Å²) in [4.78, 5) is 20.1. The lowest BCUT2D eigenvalue weighted by Gasteiger charge is -2.38. The van der Waals surface area contributed by atoms with Crippen LogP contribution in [0.15, 0.2) is 48.5 Å². The molecule has 5 heteroatoms. The number of carboxylic acids is 1. The second-order valence-electron chi connectivity index (χ2n) is 8.70. The van der Waals surface area contributed by atoms with Crippen molar-refractivity contribution in [3.63, 3.8) is 0 Å². The maximum Gasteiger partial charge on any atom is 0.352 e. The normalized spacial score (nSPS) is 15.7. The average Bonchev–Trinajstić information content (AvgIpc) is 3.15. The van der Waals surface area contributed by atoms with Gasteiger partial charge in [-0.1, -0.05) is 48.9 Å². The first kappa shape index (κ1) is 21.6. The van der Waals surface area contributed by atoms with Gasteiger partial charge in [-0.15, -0.1) is 0 Å². The number of nitrogens with zero attached hydrogens (tertiary/aromatic N) is 2. The van der Waals surface area contributed by atoms with E-state index >= 15 is 0 Å². The second kappa shape index (κ2) is 9.67. The van der Waals surface area contributed by atoms with Crippen LogP contribution in [0.2, 0.25) is 0 Å². The maximum absolute atomic E-state index is 11.9. The summed E-state index contributed by atoms with van der Waals surface area (Å²) in [5.74, 6) is -0.879. The van der Waals surface area contributed by atoms with Crippen molar-refractivity contribution in [3.05, 3.63) is 70.9 Å². The van der Waals surface area contributed by atoms with Crippen LogP contribution in [0.5, 0.6) is 0 Å². The van der Waals surface area contributed by atoms with Crippen molar-refractivity contribution in [2.24, 2.45) is 0 Å². The van der Waals surface area contributed by atoms with Crippen LogP contribution >= 0.6 is 0 Å². The Hall–Kier alpha value is -2.63. The Morgan fingerprint density at radius 2 is 1.90 bits per heavy atom. The molecule has 0 amide bonds. The van der Waals surface area contributed by atoms with Crippen LogP contribution in [0.4, 0.5) is 0 Å². The molecule has 3 aromatic rings. The fourth-order valence-electron chi connectivity index (χ4n) is 4.85. The number of aryl methyl sites for hydroxylation is 1. The number of aromatic nitrogens is 1. The zero-order valence-corrected chi connectivity index (χ0v) is 18.6. The number of carboxylic acid groups (broad SMARTS) is 1. The van der Waals surface area contributed by atoms with Gasteiger partial charge in [0.15, 0.2) is 0 Å². The zero-order valence-electron chi connectivity index (χ0n) is 18.6. The Balaban J connectivity index is 1.42. The molecule has 1 aliphatic rings. The van der Waals surface area contributed by atoms with Gasteiger partial charge in [0.25, 0.3) is 0 Å². The standard InChI is InChI=1S/C26H33N3O2/c1-3-29(18-23-22-17-19(2)9-10-24(22)27-25(23)26(30)31)21-12-15-28(16-13-21)14-11-20-7-5-4-6-8-20/h4-10,17,21,27H,3,11-16,18H2,1-2H3,(H,30,31). The number of carbonyl (C=O) groups is 1.